The molecule has 2 atom stereocenters. The normalized spacial score (nSPS) is 28.6. The molecule has 5 heteroatoms. The molecule has 1 aliphatic carbocycles. The monoisotopic (exact) mass is 210 g/mol. The first-order valence-electron chi connectivity index (χ1n) is 4.61. The van der Waals surface area contributed by atoms with Crippen molar-refractivity contribution in [2.24, 2.45) is 11.8 Å². The zero-order chi connectivity index (χ0) is 10.8. The minimum absolute atomic E-state index is 0.0449. The maximum absolute atomic E-state index is 12.5. The van der Waals surface area contributed by atoms with E-state index >= 15 is 0 Å². The Bertz CT molecular complexity index is 213. The number of alkyl halides is 3. The van der Waals surface area contributed by atoms with Crippen molar-refractivity contribution in [3.63, 3.8) is 0 Å². The van der Waals surface area contributed by atoms with Gasteiger partial charge in [-0.25, -0.2) is 0 Å². The maximum atomic E-state index is 12.5. The van der Waals surface area contributed by atoms with E-state index in [0.29, 0.717) is 12.8 Å². The van der Waals surface area contributed by atoms with Gasteiger partial charge in [-0.05, 0) is 12.8 Å². The van der Waals surface area contributed by atoms with Crippen molar-refractivity contribution >= 4 is 5.97 Å². The van der Waals surface area contributed by atoms with Gasteiger partial charge < -0.3 is 4.74 Å². The highest BCUT2D eigenvalue weighted by molar-refractivity contribution is 5.72. The van der Waals surface area contributed by atoms with E-state index < -0.39 is 24.0 Å². The highest BCUT2D eigenvalue weighted by atomic mass is 19.4. The minimum Gasteiger partial charge on any atom is -0.469 e. The van der Waals surface area contributed by atoms with Crippen LogP contribution in [0.15, 0.2) is 0 Å². The second-order valence-electron chi connectivity index (χ2n) is 3.56. The molecule has 0 aliphatic heterocycles. The molecule has 14 heavy (non-hydrogen) atoms. The van der Waals surface area contributed by atoms with E-state index in [4.69, 9.17) is 0 Å². The number of carbonyl (C=O) groups is 1. The number of hydrogen-bond acceptors (Lipinski definition) is 2. The van der Waals surface area contributed by atoms with E-state index in [1.54, 1.807) is 0 Å². The third kappa shape index (κ3) is 2.39. The second kappa shape index (κ2) is 4.19. The fourth-order valence-electron chi connectivity index (χ4n) is 1.96. The van der Waals surface area contributed by atoms with Crippen molar-refractivity contribution in [2.45, 2.75) is 31.9 Å². The molecule has 2 unspecified atom stereocenters. The molecule has 2 nitrogen and oxygen atoms in total. The molecule has 0 aromatic rings. The molecule has 0 aromatic heterocycles. The van der Waals surface area contributed by atoms with Crippen LogP contribution in [0, 0.1) is 11.8 Å². The molecule has 0 N–H and O–H groups in total. The first-order chi connectivity index (χ1) is 6.46. The molecule has 0 bridgehead atoms. The van der Waals surface area contributed by atoms with Gasteiger partial charge in [0.15, 0.2) is 0 Å². The van der Waals surface area contributed by atoms with Crippen molar-refractivity contribution < 1.29 is 22.7 Å². The van der Waals surface area contributed by atoms with E-state index in [-0.39, 0.29) is 12.8 Å². The minimum atomic E-state index is -4.28. The van der Waals surface area contributed by atoms with Crippen molar-refractivity contribution in [2.75, 3.05) is 7.11 Å². The number of methoxy groups -OCH3 is 1. The van der Waals surface area contributed by atoms with Gasteiger partial charge in [0.25, 0.3) is 0 Å². The van der Waals surface area contributed by atoms with E-state index in [2.05, 4.69) is 4.74 Å². The number of esters is 1. The van der Waals surface area contributed by atoms with Crippen LogP contribution in [-0.4, -0.2) is 19.3 Å². The molecule has 0 amide bonds. The molecular formula is C9H13F3O2. The molecule has 0 aromatic carbocycles. The van der Waals surface area contributed by atoms with Crippen LogP contribution in [0.2, 0.25) is 0 Å². The zero-order valence-electron chi connectivity index (χ0n) is 7.93. The van der Waals surface area contributed by atoms with E-state index in [0.717, 1.165) is 7.11 Å². The smallest absolute Gasteiger partial charge is 0.392 e. The van der Waals surface area contributed by atoms with Crippen LogP contribution >= 0.6 is 0 Å². The zero-order valence-corrected chi connectivity index (χ0v) is 7.93. The van der Waals surface area contributed by atoms with Crippen LogP contribution in [0.4, 0.5) is 13.2 Å². The molecule has 0 spiro atoms. The number of ether oxygens (including phenoxy) is 1. The molecule has 0 heterocycles. The quantitative estimate of drug-likeness (QED) is 0.621. The molecular weight excluding hydrogens is 197 g/mol. The maximum Gasteiger partial charge on any atom is 0.392 e. The topological polar surface area (TPSA) is 26.3 Å². The Kier molecular flexibility index (Phi) is 3.39. The Morgan fingerprint density at radius 3 is 2.36 bits per heavy atom. The summed E-state index contributed by atoms with van der Waals surface area (Å²) in [6.45, 7) is 0. The molecule has 0 radical (unpaired) electrons. The van der Waals surface area contributed by atoms with Crippen molar-refractivity contribution in [3.05, 3.63) is 0 Å². The van der Waals surface area contributed by atoms with E-state index in [1.807, 2.05) is 0 Å². The summed E-state index contributed by atoms with van der Waals surface area (Å²) in [5.74, 6) is -3.23. The lowest BCUT2D eigenvalue weighted by Gasteiger charge is -2.30. The third-order valence-electron chi connectivity index (χ3n) is 2.69. The van der Waals surface area contributed by atoms with Gasteiger partial charge in [0.1, 0.15) is 0 Å². The van der Waals surface area contributed by atoms with Gasteiger partial charge in [-0.2, -0.15) is 13.2 Å². The third-order valence-corrected chi connectivity index (χ3v) is 2.69. The summed E-state index contributed by atoms with van der Waals surface area (Å²) in [6, 6.07) is 0. The Morgan fingerprint density at radius 2 is 1.86 bits per heavy atom. The largest absolute Gasteiger partial charge is 0.469 e. The molecule has 1 saturated carbocycles. The fourth-order valence-corrected chi connectivity index (χ4v) is 1.96. The molecule has 82 valence electrons. The molecule has 1 fully saturated rings. The highest BCUT2D eigenvalue weighted by Gasteiger charge is 2.48. The molecule has 1 rings (SSSR count). The number of carbonyl (C=O) groups excluding carboxylic acids is 1. The number of rotatable bonds is 1. The molecule has 0 saturated heterocycles. The van der Waals surface area contributed by atoms with E-state index in [9.17, 15) is 18.0 Å². The van der Waals surface area contributed by atoms with Gasteiger partial charge in [-0.15, -0.1) is 0 Å². The summed E-state index contributed by atoms with van der Waals surface area (Å²) in [7, 11) is 1.13. The first-order valence-corrected chi connectivity index (χ1v) is 4.61. The fraction of sp³-hybridized carbons (Fsp3) is 0.889. The Balaban J connectivity index is 2.74. The van der Waals surface area contributed by atoms with Gasteiger partial charge in [-0.1, -0.05) is 12.8 Å². The highest BCUT2D eigenvalue weighted by Crippen LogP contribution is 2.41. The van der Waals surface area contributed by atoms with E-state index in [1.165, 1.54) is 0 Å². The Morgan fingerprint density at radius 1 is 1.29 bits per heavy atom. The van der Waals surface area contributed by atoms with Crippen LogP contribution in [0.1, 0.15) is 25.7 Å². The number of hydrogen-bond donors (Lipinski definition) is 0. The van der Waals surface area contributed by atoms with Crippen molar-refractivity contribution in [3.8, 4) is 0 Å². The van der Waals surface area contributed by atoms with Crippen LogP contribution in [0.5, 0.6) is 0 Å². The summed E-state index contributed by atoms with van der Waals surface area (Å²) in [5.41, 5.74) is 0. The second-order valence-corrected chi connectivity index (χ2v) is 3.56. The van der Waals surface area contributed by atoms with Crippen molar-refractivity contribution in [1.29, 1.82) is 0 Å². The van der Waals surface area contributed by atoms with Gasteiger partial charge in [0.05, 0.1) is 18.9 Å². The van der Waals surface area contributed by atoms with Crippen LogP contribution < -0.4 is 0 Å². The predicted octanol–water partition coefficient (Wildman–Crippen LogP) is 2.53. The summed E-state index contributed by atoms with van der Waals surface area (Å²) < 4.78 is 41.8. The SMILES string of the molecule is COC(=O)C1CCCCC1C(F)(F)F. The Hall–Kier alpha value is -0.740. The average Bonchev–Trinajstić information content (AvgIpc) is 2.15. The summed E-state index contributed by atoms with van der Waals surface area (Å²) in [6.07, 6.45) is -2.73. The Labute approximate surface area is 80.4 Å². The molecule has 1 aliphatic rings. The lowest BCUT2D eigenvalue weighted by Crippen LogP contribution is -2.37. The van der Waals surface area contributed by atoms with Gasteiger partial charge in [-0.3, -0.25) is 4.79 Å². The summed E-state index contributed by atoms with van der Waals surface area (Å²) in [4.78, 5) is 11.1. The van der Waals surface area contributed by atoms with Gasteiger partial charge in [0.2, 0.25) is 0 Å². The van der Waals surface area contributed by atoms with Crippen molar-refractivity contribution in [1.82, 2.24) is 0 Å². The van der Waals surface area contributed by atoms with Crippen LogP contribution in [0.3, 0.4) is 0 Å². The average molecular weight is 210 g/mol. The lowest BCUT2D eigenvalue weighted by atomic mass is 9.79. The lowest BCUT2D eigenvalue weighted by molar-refractivity contribution is -0.204. The predicted molar refractivity (Wildman–Crippen MR) is 43.5 cm³/mol. The standard InChI is InChI=1S/C9H13F3O2/c1-14-8(13)6-4-2-3-5-7(6)9(10,11)12/h6-7H,2-5H2,1H3. The first kappa shape index (κ1) is 11.3. The summed E-state index contributed by atoms with van der Waals surface area (Å²) in [5, 5.41) is 0. The number of halogens is 3. The van der Waals surface area contributed by atoms with Crippen LogP contribution in [-0.2, 0) is 9.53 Å². The summed E-state index contributed by atoms with van der Waals surface area (Å²) >= 11 is 0. The van der Waals surface area contributed by atoms with Gasteiger partial charge >= 0.3 is 12.1 Å². The van der Waals surface area contributed by atoms with Gasteiger partial charge in [0, 0.05) is 0 Å². The van der Waals surface area contributed by atoms with Crippen LogP contribution in [0.25, 0.3) is 0 Å².